The largest absolute Gasteiger partial charge is 0.311 e. The minimum absolute atomic E-state index is 0.431. The van der Waals surface area contributed by atoms with Crippen LogP contribution in [-0.4, -0.2) is 12.1 Å². The average molecular weight is 279 g/mol. The van der Waals surface area contributed by atoms with E-state index in [1.807, 2.05) is 0 Å². The summed E-state index contributed by atoms with van der Waals surface area (Å²) in [7, 11) is 0. The van der Waals surface area contributed by atoms with Crippen molar-refractivity contribution in [2.75, 3.05) is 0 Å². The van der Waals surface area contributed by atoms with Crippen molar-refractivity contribution < 1.29 is 0 Å². The molecule has 1 N–H and O–H groups in total. The van der Waals surface area contributed by atoms with Crippen molar-refractivity contribution >= 4 is 11.3 Å². The molecular weight excluding hydrogens is 250 g/mol. The second-order valence-corrected chi connectivity index (χ2v) is 8.05. The zero-order valence-corrected chi connectivity index (χ0v) is 13.7. The molecule has 2 rings (SSSR count). The fraction of sp³-hybridized carbons (Fsp3) is 0.765. The van der Waals surface area contributed by atoms with E-state index in [-0.39, 0.29) is 0 Å². The molecule has 1 saturated carbocycles. The van der Waals surface area contributed by atoms with Crippen LogP contribution in [0, 0.1) is 11.3 Å². The van der Waals surface area contributed by atoms with Crippen molar-refractivity contribution in [3.8, 4) is 0 Å². The zero-order valence-electron chi connectivity index (χ0n) is 12.9. The Balaban J connectivity index is 1.92. The van der Waals surface area contributed by atoms with Gasteiger partial charge in [0.25, 0.3) is 0 Å². The Morgan fingerprint density at radius 3 is 2.68 bits per heavy atom. The molecule has 1 aromatic heterocycles. The molecular formula is C17H29NS. The van der Waals surface area contributed by atoms with Gasteiger partial charge in [-0.3, -0.25) is 0 Å². The highest BCUT2D eigenvalue weighted by Crippen LogP contribution is 2.38. The Labute approximate surface area is 122 Å². The second-order valence-electron chi connectivity index (χ2n) is 7.27. The van der Waals surface area contributed by atoms with E-state index in [1.165, 1.54) is 31.2 Å². The Kier molecular flexibility index (Phi) is 5.08. The van der Waals surface area contributed by atoms with E-state index in [0.29, 0.717) is 17.5 Å². The van der Waals surface area contributed by atoms with E-state index in [0.717, 1.165) is 12.3 Å². The van der Waals surface area contributed by atoms with E-state index in [9.17, 15) is 0 Å². The Hall–Kier alpha value is -0.340. The number of rotatable bonds is 4. The fourth-order valence-corrected chi connectivity index (χ4v) is 4.24. The summed E-state index contributed by atoms with van der Waals surface area (Å²) in [5, 5.41) is 8.38. The highest BCUT2D eigenvalue weighted by atomic mass is 32.1. The molecule has 108 valence electrons. The van der Waals surface area contributed by atoms with Crippen LogP contribution in [0.25, 0.3) is 0 Å². The monoisotopic (exact) mass is 279 g/mol. The first-order valence-corrected chi connectivity index (χ1v) is 8.68. The summed E-state index contributed by atoms with van der Waals surface area (Å²) in [4.78, 5) is 0. The number of thiophene rings is 1. The molecule has 1 heterocycles. The van der Waals surface area contributed by atoms with Crippen LogP contribution in [0.2, 0.25) is 0 Å². The summed E-state index contributed by atoms with van der Waals surface area (Å²) in [6.45, 7) is 9.55. The molecule has 1 aliphatic rings. The summed E-state index contributed by atoms with van der Waals surface area (Å²) < 4.78 is 0. The number of hydrogen-bond donors (Lipinski definition) is 1. The van der Waals surface area contributed by atoms with Gasteiger partial charge in [0, 0.05) is 12.1 Å². The minimum atomic E-state index is 0.431. The van der Waals surface area contributed by atoms with Gasteiger partial charge in [0.2, 0.25) is 0 Å². The van der Waals surface area contributed by atoms with Gasteiger partial charge in [-0.2, -0.15) is 11.3 Å². The summed E-state index contributed by atoms with van der Waals surface area (Å²) in [5.41, 5.74) is 1.91. The van der Waals surface area contributed by atoms with Crippen LogP contribution in [0.5, 0.6) is 0 Å². The lowest BCUT2D eigenvalue weighted by molar-refractivity contribution is 0.124. The lowest BCUT2D eigenvalue weighted by Crippen LogP contribution is -2.48. The van der Waals surface area contributed by atoms with Gasteiger partial charge in [-0.05, 0) is 59.9 Å². The summed E-state index contributed by atoms with van der Waals surface area (Å²) in [6.07, 6.45) is 6.73. The molecule has 1 aliphatic carbocycles. The Morgan fingerprint density at radius 2 is 2.05 bits per heavy atom. The lowest BCUT2D eigenvalue weighted by atomic mass is 9.69. The topological polar surface area (TPSA) is 12.0 Å². The van der Waals surface area contributed by atoms with Gasteiger partial charge in [-0.25, -0.2) is 0 Å². The molecule has 19 heavy (non-hydrogen) atoms. The van der Waals surface area contributed by atoms with Gasteiger partial charge in [0.1, 0.15) is 0 Å². The normalized spacial score (nSPS) is 26.3. The highest BCUT2D eigenvalue weighted by molar-refractivity contribution is 7.07. The average Bonchev–Trinajstić information content (AvgIpc) is 2.81. The van der Waals surface area contributed by atoms with Crippen molar-refractivity contribution in [1.29, 1.82) is 0 Å². The molecule has 0 saturated heterocycles. The van der Waals surface area contributed by atoms with Gasteiger partial charge >= 0.3 is 0 Å². The van der Waals surface area contributed by atoms with Crippen LogP contribution in [0.15, 0.2) is 16.8 Å². The minimum Gasteiger partial charge on any atom is -0.311 e. The Morgan fingerprint density at radius 1 is 1.32 bits per heavy atom. The van der Waals surface area contributed by atoms with Gasteiger partial charge in [-0.1, -0.05) is 33.6 Å². The van der Waals surface area contributed by atoms with Gasteiger partial charge in [-0.15, -0.1) is 0 Å². The van der Waals surface area contributed by atoms with Crippen LogP contribution in [-0.2, 0) is 6.42 Å². The first kappa shape index (κ1) is 15.1. The van der Waals surface area contributed by atoms with E-state index >= 15 is 0 Å². The molecule has 1 nitrogen and oxygen atoms in total. The quantitative estimate of drug-likeness (QED) is 0.829. The van der Waals surface area contributed by atoms with Crippen molar-refractivity contribution in [1.82, 2.24) is 5.32 Å². The van der Waals surface area contributed by atoms with Crippen molar-refractivity contribution in [3.63, 3.8) is 0 Å². The van der Waals surface area contributed by atoms with Gasteiger partial charge < -0.3 is 5.32 Å². The van der Waals surface area contributed by atoms with Crippen molar-refractivity contribution in [3.05, 3.63) is 22.4 Å². The molecule has 1 fully saturated rings. The molecule has 0 bridgehead atoms. The van der Waals surface area contributed by atoms with E-state index in [2.05, 4.69) is 49.8 Å². The standard InChI is InChI=1S/C17H29NS/c1-13(11-14-9-10-19-12-14)18-16-8-6-5-7-15(16)17(2,3)4/h9-10,12-13,15-16,18H,5-8,11H2,1-4H3. The maximum absolute atomic E-state index is 3.92. The summed E-state index contributed by atoms with van der Waals surface area (Å²) >= 11 is 1.80. The molecule has 0 spiro atoms. The van der Waals surface area contributed by atoms with Crippen LogP contribution >= 0.6 is 11.3 Å². The van der Waals surface area contributed by atoms with Crippen molar-refractivity contribution in [2.24, 2.45) is 11.3 Å². The molecule has 3 unspecified atom stereocenters. The Bertz CT molecular complexity index is 363. The van der Waals surface area contributed by atoms with E-state index in [4.69, 9.17) is 0 Å². The second kappa shape index (κ2) is 6.41. The molecule has 0 radical (unpaired) electrons. The van der Waals surface area contributed by atoms with Crippen LogP contribution in [0.4, 0.5) is 0 Å². The summed E-state index contributed by atoms with van der Waals surface area (Å²) in [5.74, 6) is 0.825. The van der Waals surface area contributed by atoms with Crippen LogP contribution in [0.3, 0.4) is 0 Å². The highest BCUT2D eigenvalue weighted by Gasteiger charge is 2.34. The molecule has 0 amide bonds. The predicted octanol–water partition coefficient (Wildman–Crippen LogP) is 4.87. The molecule has 2 heteroatoms. The maximum atomic E-state index is 3.92. The van der Waals surface area contributed by atoms with Gasteiger partial charge in [0.15, 0.2) is 0 Å². The van der Waals surface area contributed by atoms with Crippen molar-refractivity contribution in [2.45, 2.75) is 71.9 Å². The number of nitrogens with one attached hydrogen (secondary N) is 1. The molecule has 0 aliphatic heterocycles. The third kappa shape index (κ3) is 4.32. The zero-order chi connectivity index (χ0) is 13.9. The van der Waals surface area contributed by atoms with E-state index in [1.54, 1.807) is 11.3 Å². The molecule has 0 aromatic carbocycles. The van der Waals surface area contributed by atoms with Crippen LogP contribution < -0.4 is 5.32 Å². The summed E-state index contributed by atoms with van der Waals surface area (Å²) in [6, 6.07) is 3.55. The molecule has 1 aromatic rings. The first-order valence-electron chi connectivity index (χ1n) is 7.74. The lowest BCUT2D eigenvalue weighted by Gasteiger charge is -2.42. The SMILES string of the molecule is CC(Cc1ccsc1)NC1CCCCC1C(C)(C)C. The molecule has 3 atom stereocenters. The predicted molar refractivity (Wildman–Crippen MR) is 85.8 cm³/mol. The van der Waals surface area contributed by atoms with Crippen LogP contribution in [0.1, 0.15) is 58.9 Å². The third-order valence-electron chi connectivity index (χ3n) is 4.50. The fourth-order valence-electron chi connectivity index (χ4n) is 3.55. The maximum Gasteiger partial charge on any atom is 0.0103 e. The van der Waals surface area contributed by atoms with E-state index < -0.39 is 0 Å². The first-order chi connectivity index (χ1) is 8.97. The third-order valence-corrected chi connectivity index (χ3v) is 5.23. The van der Waals surface area contributed by atoms with Gasteiger partial charge in [0.05, 0.1) is 0 Å². The number of hydrogen-bond acceptors (Lipinski definition) is 2. The smallest absolute Gasteiger partial charge is 0.0103 e.